The number of phenols is 2. The Kier molecular flexibility index (Phi) is 6.60. The van der Waals surface area contributed by atoms with Crippen molar-refractivity contribution in [3.05, 3.63) is 58.1 Å². The standard InChI is InChI=1S/C17H13N3O7S.Na/c1-9-7-13(17(22)14(8-9)20(23)24)19-18-12-6-5-10-11(16(12)21)3-2-4-15(10)28(25,26)27;/h2-8,21-22H,1H3,(H,25,26,27);/q;+1/p-1. The zero-order chi connectivity index (χ0) is 20.6. The van der Waals surface area contributed by atoms with Crippen LogP contribution >= 0.6 is 0 Å². The summed E-state index contributed by atoms with van der Waals surface area (Å²) in [5, 5.41) is 38.9. The number of aryl methyl sites for hydroxylation is 1. The van der Waals surface area contributed by atoms with Gasteiger partial charge in [0.15, 0.2) is 5.75 Å². The van der Waals surface area contributed by atoms with Crippen molar-refractivity contribution >= 4 is 38.0 Å². The van der Waals surface area contributed by atoms with Crippen LogP contribution < -0.4 is 29.6 Å². The minimum Gasteiger partial charge on any atom is -0.744 e. The van der Waals surface area contributed by atoms with Gasteiger partial charge < -0.3 is 14.8 Å². The Hall–Kier alpha value is -2.57. The van der Waals surface area contributed by atoms with Gasteiger partial charge in [-0.25, -0.2) is 8.42 Å². The Morgan fingerprint density at radius 3 is 2.24 bits per heavy atom. The topological polar surface area (TPSA) is 166 Å². The molecule has 0 bridgehead atoms. The first kappa shape index (κ1) is 22.7. The fourth-order valence-electron chi connectivity index (χ4n) is 2.66. The van der Waals surface area contributed by atoms with Crippen LogP contribution in [0.2, 0.25) is 0 Å². The van der Waals surface area contributed by atoms with Gasteiger partial charge in [-0.05, 0) is 30.7 Å². The Morgan fingerprint density at radius 1 is 0.966 bits per heavy atom. The van der Waals surface area contributed by atoms with E-state index in [9.17, 15) is 33.3 Å². The number of azo groups is 1. The molecule has 0 amide bonds. The molecule has 0 aliphatic rings. The van der Waals surface area contributed by atoms with Crippen LogP contribution in [0.4, 0.5) is 17.1 Å². The van der Waals surface area contributed by atoms with Crippen LogP contribution in [0.1, 0.15) is 5.56 Å². The third kappa shape index (κ3) is 4.54. The maximum Gasteiger partial charge on any atom is 1.00 e. The van der Waals surface area contributed by atoms with Gasteiger partial charge in [0.2, 0.25) is 5.75 Å². The van der Waals surface area contributed by atoms with Crippen molar-refractivity contribution in [2.45, 2.75) is 11.8 Å². The molecule has 0 radical (unpaired) electrons. The monoisotopic (exact) mass is 425 g/mol. The quantitative estimate of drug-likeness (QED) is 0.205. The molecule has 0 spiro atoms. The van der Waals surface area contributed by atoms with Crippen molar-refractivity contribution in [2.75, 3.05) is 0 Å². The molecule has 0 saturated heterocycles. The summed E-state index contributed by atoms with van der Waals surface area (Å²) in [5.41, 5.74) is -0.341. The van der Waals surface area contributed by atoms with Crippen LogP contribution in [0.3, 0.4) is 0 Å². The first-order chi connectivity index (χ1) is 13.1. The summed E-state index contributed by atoms with van der Waals surface area (Å²) in [6.45, 7) is 1.57. The molecule has 0 unspecified atom stereocenters. The maximum atomic E-state index is 11.3. The van der Waals surface area contributed by atoms with Crippen molar-refractivity contribution < 1.29 is 57.7 Å². The Labute approximate surface area is 186 Å². The number of benzene rings is 3. The van der Waals surface area contributed by atoms with Crippen LogP contribution in [0.5, 0.6) is 11.5 Å². The van der Waals surface area contributed by atoms with Gasteiger partial charge in [0.1, 0.15) is 21.5 Å². The Morgan fingerprint density at radius 2 is 1.62 bits per heavy atom. The zero-order valence-corrected chi connectivity index (χ0v) is 18.0. The van der Waals surface area contributed by atoms with Crippen LogP contribution in [0.15, 0.2) is 57.6 Å². The fourth-order valence-corrected chi connectivity index (χ4v) is 3.36. The van der Waals surface area contributed by atoms with E-state index >= 15 is 0 Å². The molecule has 0 saturated carbocycles. The molecule has 3 aromatic rings. The summed E-state index contributed by atoms with van der Waals surface area (Å²) in [6.07, 6.45) is 0. The van der Waals surface area contributed by atoms with Gasteiger partial charge in [-0.2, -0.15) is 0 Å². The second-order valence-electron chi connectivity index (χ2n) is 5.85. The van der Waals surface area contributed by atoms with Gasteiger partial charge >= 0.3 is 35.2 Å². The van der Waals surface area contributed by atoms with E-state index < -0.39 is 37.1 Å². The largest absolute Gasteiger partial charge is 1.00 e. The molecular weight excluding hydrogens is 413 g/mol. The first-order valence-electron chi connectivity index (χ1n) is 7.70. The summed E-state index contributed by atoms with van der Waals surface area (Å²) in [5.74, 6) is -1.12. The molecule has 144 valence electrons. The van der Waals surface area contributed by atoms with Crippen LogP contribution in [-0.2, 0) is 10.1 Å². The van der Waals surface area contributed by atoms with E-state index in [1.54, 1.807) is 6.92 Å². The van der Waals surface area contributed by atoms with Crippen LogP contribution in [0.25, 0.3) is 10.8 Å². The molecule has 3 rings (SSSR count). The van der Waals surface area contributed by atoms with Gasteiger partial charge in [0.05, 0.1) is 9.82 Å². The number of phenolic OH excluding ortho intramolecular Hbond substituents is 2. The Balaban J connectivity index is 0.00000300. The van der Waals surface area contributed by atoms with Gasteiger partial charge in [-0.1, -0.05) is 18.2 Å². The van der Waals surface area contributed by atoms with Gasteiger partial charge in [-0.15, -0.1) is 10.2 Å². The van der Waals surface area contributed by atoms with Crippen molar-refractivity contribution in [3.8, 4) is 11.5 Å². The summed E-state index contributed by atoms with van der Waals surface area (Å²) in [4.78, 5) is 9.72. The number of rotatable bonds is 4. The predicted octanol–water partition coefficient (Wildman–Crippen LogP) is 0.791. The summed E-state index contributed by atoms with van der Waals surface area (Å²) in [6, 6.07) is 8.87. The molecule has 0 heterocycles. The number of hydrogen-bond acceptors (Lipinski definition) is 9. The molecule has 0 aliphatic heterocycles. The van der Waals surface area contributed by atoms with Gasteiger partial charge in [0.25, 0.3) is 0 Å². The molecule has 0 aromatic heterocycles. The molecule has 0 fully saturated rings. The molecule has 0 atom stereocenters. The summed E-state index contributed by atoms with van der Waals surface area (Å²) < 4.78 is 34.0. The number of nitrogens with zero attached hydrogens (tertiary/aromatic N) is 3. The predicted molar refractivity (Wildman–Crippen MR) is 97.3 cm³/mol. The second kappa shape index (κ2) is 8.43. The number of hydrogen-bond donors (Lipinski definition) is 2. The number of nitro groups is 1. The minimum absolute atomic E-state index is 0. The van der Waals surface area contributed by atoms with E-state index in [0.29, 0.717) is 5.56 Å². The first-order valence-corrected chi connectivity index (χ1v) is 9.10. The zero-order valence-electron chi connectivity index (χ0n) is 15.2. The van der Waals surface area contributed by atoms with Crippen LogP contribution in [0, 0.1) is 17.0 Å². The van der Waals surface area contributed by atoms with E-state index in [-0.39, 0.29) is 51.7 Å². The van der Waals surface area contributed by atoms with Crippen molar-refractivity contribution in [3.63, 3.8) is 0 Å². The summed E-state index contributed by atoms with van der Waals surface area (Å²) in [7, 11) is -4.75. The third-order valence-electron chi connectivity index (χ3n) is 3.92. The van der Waals surface area contributed by atoms with E-state index in [1.807, 2.05) is 0 Å². The number of aromatic hydroxyl groups is 2. The smallest absolute Gasteiger partial charge is 0.744 e. The van der Waals surface area contributed by atoms with Crippen molar-refractivity contribution in [2.24, 2.45) is 10.2 Å². The SMILES string of the molecule is Cc1cc(N=Nc2ccc3c(S(=O)(=O)[O-])cccc3c2O)c(O)c([N+](=O)[O-])c1.[Na+]. The fraction of sp³-hybridized carbons (Fsp3) is 0.0588. The summed E-state index contributed by atoms with van der Waals surface area (Å²) >= 11 is 0. The van der Waals surface area contributed by atoms with Crippen molar-refractivity contribution in [1.29, 1.82) is 0 Å². The van der Waals surface area contributed by atoms with Gasteiger partial charge in [0, 0.05) is 16.8 Å². The van der Waals surface area contributed by atoms with Crippen molar-refractivity contribution in [1.82, 2.24) is 0 Å². The normalized spacial score (nSPS) is 11.5. The number of nitro benzene ring substituents is 1. The molecule has 2 N–H and O–H groups in total. The maximum absolute atomic E-state index is 11.3. The molecular formula is C17H12N3NaO7S. The third-order valence-corrected chi connectivity index (χ3v) is 4.81. The average molecular weight is 425 g/mol. The van der Waals surface area contributed by atoms with E-state index in [0.717, 1.165) is 6.07 Å². The van der Waals surface area contributed by atoms with E-state index in [1.165, 1.54) is 36.4 Å². The average Bonchev–Trinajstić information content (AvgIpc) is 2.62. The molecule has 0 aliphatic carbocycles. The second-order valence-corrected chi connectivity index (χ2v) is 7.20. The number of fused-ring (bicyclic) bond motifs is 1. The minimum atomic E-state index is -4.75. The van der Waals surface area contributed by atoms with Crippen LogP contribution in [-0.4, -0.2) is 28.1 Å². The van der Waals surface area contributed by atoms with E-state index in [4.69, 9.17) is 0 Å². The van der Waals surface area contributed by atoms with Gasteiger partial charge in [-0.3, -0.25) is 10.1 Å². The molecule has 12 heteroatoms. The molecule has 29 heavy (non-hydrogen) atoms. The Bertz CT molecular complexity index is 1260. The van der Waals surface area contributed by atoms with E-state index in [2.05, 4.69) is 10.2 Å². The molecule has 10 nitrogen and oxygen atoms in total. The molecule has 3 aromatic carbocycles.